The lowest BCUT2D eigenvalue weighted by Gasteiger charge is -2.29. The van der Waals surface area contributed by atoms with E-state index in [1.165, 1.54) is 6.07 Å². The van der Waals surface area contributed by atoms with Gasteiger partial charge in [0.05, 0.1) is 34.0 Å². The van der Waals surface area contributed by atoms with E-state index in [4.69, 9.17) is 34.9 Å². The fourth-order valence-corrected chi connectivity index (χ4v) is 8.01. The number of pyridine rings is 1. The van der Waals surface area contributed by atoms with Gasteiger partial charge in [-0.1, -0.05) is 43.3 Å². The minimum atomic E-state index is -0.473. The summed E-state index contributed by atoms with van der Waals surface area (Å²) in [4.78, 5) is 17.1. The second-order valence-electron chi connectivity index (χ2n) is 14.3. The standard InChI is InChI=1S/C39H41FN10O3S/c1-20(2)22(4)50-17-31(47-48-50)24-8-6-23(7-9-24)19-52-35-33(27-10-11-30(40)36-32(27)28(13-41)37(42)54-36)44-15-29-34(35)45-39(53-18-21(3)51-5)46-38(29)49-16-25-12-26(49)14-43-25/h6-11,15,17,20-22,25-26,43H,12,14,16,18-19,42H2,1-5H3/t21-,22?,25?,26?/m0/s1. The minimum Gasteiger partial charge on any atom is -0.484 e. The molecule has 0 spiro atoms. The van der Waals surface area contributed by atoms with Crippen LogP contribution in [0.3, 0.4) is 0 Å². The smallest absolute Gasteiger partial charge is 0.319 e. The van der Waals surface area contributed by atoms with Crippen molar-refractivity contribution in [1.29, 1.82) is 5.26 Å². The van der Waals surface area contributed by atoms with Crippen LogP contribution in [0.2, 0.25) is 0 Å². The lowest BCUT2D eigenvalue weighted by molar-refractivity contribution is 0.0682. The lowest BCUT2D eigenvalue weighted by atomic mass is 10.0. The van der Waals surface area contributed by atoms with Crippen molar-refractivity contribution in [2.24, 2.45) is 5.92 Å². The van der Waals surface area contributed by atoms with Gasteiger partial charge in [-0.15, -0.1) is 16.4 Å². The number of thiophene rings is 1. The highest BCUT2D eigenvalue weighted by atomic mass is 32.1. The number of hydrogen-bond donors (Lipinski definition) is 2. The van der Waals surface area contributed by atoms with Crippen LogP contribution >= 0.6 is 11.3 Å². The molecule has 0 saturated carbocycles. The molecule has 6 heterocycles. The van der Waals surface area contributed by atoms with Gasteiger partial charge in [-0.05, 0) is 43.9 Å². The Labute approximate surface area is 315 Å². The third-order valence-corrected chi connectivity index (χ3v) is 11.6. The topological polar surface area (TPSA) is 162 Å². The average Bonchev–Trinajstić information content (AvgIpc) is 4.00. The number of hydrogen-bond acceptors (Lipinski definition) is 13. The number of aromatic nitrogens is 6. The van der Waals surface area contributed by atoms with Crippen LogP contribution in [0.15, 0.2) is 48.8 Å². The summed E-state index contributed by atoms with van der Waals surface area (Å²) in [5.41, 5.74) is 10.4. The van der Waals surface area contributed by atoms with Crippen molar-refractivity contribution < 1.29 is 18.6 Å². The van der Waals surface area contributed by atoms with Crippen LogP contribution in [-0.4, -0.2) is 74.9 Å². The Morgan fingerprint density at radius 3 is 2.63 bits per heavy atom. The first-order valence-electron chi connectivity index (χ1n) is 18.0. The van der Waals surface area contributed by atoms with Crippen molar-refractivity contribution in [2.75, 3.05) is 37.4 Å². The number of nitrogen functional groups attached to an aromatic ring is 1. The Morgan fingerprint density at radius 1 is 1.11 bits per heavy atom. The number of ether oxygens (including phenoxy) is 3. The van der Waals surface area contributed by atoms with E-state index < -0.39 is 5.82 Å². The first kappa shape index (κ1) is 35.6. The number of rotatable bonds is 12. The molecule has 4 atom stereocenters. The van der Waals surface area contributed by atoms with Gasteiger partial charge in [0, 0.05) is 55.0 Å². The molecule has 54 heavy (non-hydrogen) atoms. The summed E-state index contributed by atoms with van der Waals surface area (Å²) in [6, 6.07) is 14.1. The molecular formula is C39H41FN10O3S. The molecule has 2 bridgehead atoms. The number of anilines is 2. The molecule has 2 aliphatic heterocycles. The van der Waals surface area contributed by atoms with Gasteiger partial charge >= 0.3 is 6.01 Å². The van der Waals surface area contributed by atoms with E-state index in [2.05, 4.69) is 47.4 Å². The molecule has 13 nitrogen and oxygen atoms in total. The molecule has 2 aliphatic rings. The molecule has 0 amide bonds. The van der Waals surface area contributed by atoms with E-state index in [1.54, 1.807) is 19.4 Å². The first-order valence-corrected chi connectivity index (χ1v) is 18.9. The van der Waals surface area contributed by atoms with Gasteiger partial charge < -0.3 is 30.2 Å². The van der Waals surface area contributed by atoms with Crippen LogP contribution in [0.25, 0.3) is 43.5 Å². The second kappa shape index (κ2) is 14.4. The van der Waals surface area contributed by atoms with E-state index in [-0.39, 0.29) is 52.7 Å². The van der Waals surface area contributed by atoms with Crippen LogP contribution in [0.5, 0.6) is 11.8 Å². The fraction of sp³-hybridized carbons (Fsp3) is 0.385. The number of nitriles is 1. The fourth-order valence-electron chi connectivity index (χ4n) is 7.06. The quantitative estimate of drug-likeness (QED) is 0.140. The maximum absolute atomic E-state index is 15.2. The van der Waals surface area contributed by atoms with Gasteiger partial charge in [0.15, 0.2) is 5.75 Å². The molecule has 6 aromatic rings. The van der Waals surface area contributed by atoms with Crippen molar-refractivity contribution >= 4 is 43.1 Å². The van der Waals surface area contributed by atoms with Crippen LogP contribution in [-0.2, 0) is 11.3 Å². The molecule has 2 fully saturated rings. The van der Waals surface area contributed by atoms with Gasteiger partial charge in [0.2, 0.25) is 0 Å². The highest BCUT2D eigenvalue weighted by Gasteiger charge is 2.39. The number of benzene rings is 2. The summed E-state index contributed by atoms with van der Waals surface area (Å²) < 4.78 is 35.7. The first-order chi connectivity index (χ1) is 26.1. The van der Waals surface area contributed by atoms with E-state index in [0.717, 1.165) is 47.7 Å². The van der Waals surface area contributed by atoms with Crippen molar-refractivity contribution in [3.63, 3.8) is 0 Å². The van der Waals surface area contributed by atoms with Gasteiger partial charge in [-0.3, -0.25) is 4.98 Å². The average molecular weight is 749 g/mol. The highest BCUT2D eigenvalue weighted by Crippen LogP contribution is 2.46. The van der Waals surface area contributed by atoms with Crippen LogP contribution in [0.4, 0.5) is 15.2 Å². The summed E-state index contributed by atoms with van der Waals surface area (Å²) in [6.45, 7) is 10.4. The third kappa shape index (κ3) is 6.44. The summed E-state index contributed by atoms with van der Waals surface area (Å²) >= 11 is 1.03. The predicted octanol–water partition coefficient (Wildman–Crippen LogP) is 6.52. The normalized spacial score (nSPS) is 17.8. The molecule has 0 radical (unpaired) electrons. The highest BCUT2D eigenvalue weighted by molar-refractivity contribution is 7.23. The minimum absolute atomic E-state index is 0.154. The van der Waals surface area contributed by atoms with E-state index in [9.17, 15) is 5.26 Å². The molecule has 3 N–H and O–H groups in total. The zero-order chi connectivity index (χ0) is 37.7. The van der Waals surface area contributed by atoms with Gasteiger partial charge in [-0.2, -0.15) is 15.2 Å². The van der Waals surface area contributed by atoms with Gasteiger partial charge in [0.25, 0.3) is 0 Å². The number of halogens is 1. The SMILES string of the molecule is CO[C@@H](C)COc1nc(N2CC3CC2CN3)c2cnc(-c3ccc(F)c4sc(N)c(C#N)c34)c(OCc3ccc(-c4cn(C(C)C(C)C)nn4)cc3)c2n1. The molecule has 8 rings (SSSR count). The predicted molar refractivity (Wildman–Crippen MR) is 206 cm³/mol. The largest absolute Gasteiger partial charge is 0.484 e. The van der Waals surface area contributed by atoms with Crippen molar-refractivity contribution in [1.82, 2.24) is 35.3 Å². The van der Waals surface area contributed by atoms with E-state index in [1.807, 2.05) is 42.1 Å². The number of piperazine rings is 1. The molecule has 3 unspecified atom stereocenters. The van der Waals surface area contributed by atoms with Gasteiger partial charge in [-0.25, -0.2) is 9.07 Å². The van der Waals surface area contributed by atoms with Crippen molar-refractivity contribution in [3.8, 4) is 40.3 Å². The van der Waals surface area contributed by atoms with E-state index >= 15 is 4.39 Å². The van der Waals surface area contributed by atoms with E-state index in [0.29, 0.717) is 51.1 Å². The Kier molecular flexibility index (Phi) is 9.51. The molecule has 2 aromatic carbocycles. The molecular weight excluding hydrogens is 708 g/mol. The second-order valence-corrected chi connectivity index (χ2v) is 15.4. The maximum atomic E-state index is 15.2. The van der Waals surface area contributed by atoms with Crippen LogP contribution in [0, 0.1) is 23.1 Å². The Bertz CT molecular complexity index is 2390. The summed E-state index contributed by atoms with van der Waals surface area (Å²) in [5.74, 6) is 0.991. The number of nitrogens with two attached hydrogens (primary N) is 1. The Morgan fingerprint density at radius 2 is 1.93 bits per heavy atom. The Hall–Kier alpha value is -5.43. The summed E-state index contributed by atoms with van der Waals surface area (Å²) in [5, 5.41) is 23.7. The molecule has 278 valence electrons. The van der Waals surface area contributed by atoms with Gasteiger partial charge in [0.1, 0.15) is 52.8 Å². The summed E-state index contributed by atoms with van der Waals surface area (Å²) in [6.07, 6.45) is 4.50. The third-order valence-electron chi connectivity index (χ3n) is 10.5. The van der Waals surface area contributed by atoms with Crippen LogP contribution < -0.4 is 25.4 Å². The number of fused-ring (bicyclic) bond motifs is 4. The number of methoxy groups -OCH3 is 1. The molecule has 2 saturated heterocycles. The van der Waals surface area contributed by atoms with Crippen LogP contribution in [0.1, 0.15) is 51.3 Å². The van der Waals surface area contributed by atoms with Crippen molar-refractivity contribution in [2.45, 2.75) is 65.0 Å². The maximum Gasteiger partial charge on any atom is 0.319 e. The lowest BCUT2D eigenvalue weighted by Crippen LogP contribution is -2.44. The zero-order valence-corrected chi connectivity index (χ0v) is 31.5. The monoisotopic (exact) mass is 748 g/mol. The molecule has 0 aliphatic carbocycles. The number of nitrogens with one attached hydrogen (secondary N) is 1. The number of nitrogens with zero attached hydrogens (tertiary/aromatic N) is 8. The Balaban J connectivity index is 1.24. The molecule has 15 heteroatoms. The zero-order valence-electron chi connectivity index (χ0n) is 30.7. The summed E-state index contributed by atoms with van der Waals surface area (Å²) in [7, 11) is 1.62. The molecule has 4 aromatic heterocycles. The van der Waals surface area contributed by atoms with Crippen molar-refractivity contribution in [3.05, 3.63) is 65.7 Å².